The number of ether oxygens (including phenoxy) is 1. The van der Waals surface area contributed by atoms with E-state index in [1.807, 2.05) is 0 Å². The van der Waals surface area contributed by atoms with E-state index in [-0.39, 0.29) is 5.75 Å². The highest BCUT2D eigenvalue weighted by Gasteiger charge is 2.13. The van der Waals surface area contributed by atoms with E-state index in [1.54, 1.807) is 7.11 Å². The minimum Gasteiger partial charge on any atom is -0.383 e. The van der Waals surface area contributed by atoms with E-state index in [9.17, 15) is 8.42 Å². The molecule has 0 aromatic rings. The van der Waals surface area contributed by atoms with E-state index in [1.165, 1.54) is 6.26 Å². The molecule has 0 radical (unpaired) electrons. The third-order valence-corrected chi connectivity index (χ3v) is 3.55. The lowest BCUT2D eigenvalue weighted by molar-refractivity contribution is 0.192. The molecule has 0 fully saturated rings. The topological polar surface area (TPSA) is 55.4 Å². The van der Waals surface area contributed by atoms with Gasteiger partial charge in [-0.15, -0.1) is 0 Å². The molecule has 0 amide bonds. The fraction of sp³-hybridized carbons (Fsp3) is 1.00. The highest BCUT2D eigenvalue weighted by Crippen LogP contribution is 2.08. The molecule has 0 aliphatic carbocycles. The Hall–Kier alpha value is -0.130. The predicted molar refractivity (Wildman–Crippen MR) is 62.8 cm³/mol. The summed E-state index contributed by atoms with van der Waals surface area (Å²) in [5, 5.41) is 3.30. The average molecular weight is 237 g/mol. The second-order valence-electron chi connectivity index (χ2n) is 4.13. The summed E-state index contributed by atoms with van der Waals surface area (Å²) in [4.78, 5) is 0. The first kappa shape index (κ1) is 14.9. The molecule has 5 heteroatoms. The van der Waals surface area contributed by atoms with Gasteiger partial charge in [0.15, 0.2) is 0 Å². The van der Waals surface area contributed by atoms with Crippen LogP contribution in [-0.4, -0.2) is 46.7 Å². The molecule has 1 N–H and O–H groups in total. The summed E-state index contributed by atoms with van der Waals surface area (Å²) in [6.45, 7) is 5.63. The number of nitrogens with one attached hydrogen (secondary N) is 1. The largest absolute Gasteiger partial charge is 0.383 e. The van der Waals surface area contributed by atoms with E-state index in [4.69, 9.17) is 4.74 Å². The number of methoxy groups -OCH3 is 1. The van der Waals surface area contributed by atoms with E-state index in [0.29, 0.717) is 25.0 Å². The molecule has 0 heterocycles. The van der Waals surface area contributed by atoms with Crippen LogP contribution in [0, 0.1) is 5.92 Å². The molecule has 0 aromatic carbocycles. The maximum atomic E-state index is 11.0. The molecule has 0 aliphatic rings. The van der Waals surface area contributed by atoms with Crippen molar-refractivity contribution in [2.24, 2.45) is 5.92 Å². The van der Waals surface area contributed by atoms with Gasteiger partial charge in [-0.25, -0.2) is 8.42 Å². The third-order valence-electron chi connectivity index (χ3n) is 2.57. The Morgan fingerprint density at radius 1 is 1.33 bits per heavy atom. The van der Waals surface area contributed by atoms with Gasteiger partial charge in [0.25, 0.3) is 0 Å². The summed E-state index contributed by atoms with van der Waals surface area (Å²) in [7, 11) is -1.16. The number of rotatable bonds is 8. The zero-order valence-electron chi connectivity index (χ0n) is 10.1. The van der Waals surface area contributed by atoms with E-state index in [2.05, 4.69) is 19.2 Å². The molecule has 4 nitrogen and oxygen atoms in total. The zero-order valence-corrected chi connectivity index (χ0v) is 10.9. The molecule has 2 unspecified atom stereocenters. The Morgan fingerprint density at radius 3 is 2.40 bits per heavy atom. The standard InChI is InChI=1S/C10H23NO3S/c1-9(5-8-15(4,12)13)10(2)11-6-7-14-3/h9-11H,5-8H2,1-4H3. The summed E-state index contributed by atoms with van der Waals surface area (Å²) in [6.07, 6.45) is 1.99. The number of sulfone groups is 1. The molecule has 0 saturated heterocycles. The zero-order chi connectivity index (χ0) is 11.9. The molecule has 0 saturated carbocycles. The predicted octanol–water partition coefficient (Wildman–Crippen LogP) is 0.682. The van der Waals surface area contributed by atoms with Crippen LogP contribution in [0.25, 0.3) is 0 Å². The van der Waals surface area contributed by atoms with Gasteiger partial charge in [0.05, 0.1) is 12.4 Å². The normalized spacial score (nSPS) is 16.3. The first-order chi connectivity index (χ1) is 6.87. The van der Waals surface area contributed by atoms with Gasteiger partial charge in [-0.1, -0.05) is 6.92 Å². The maximum absolute atomic E-state index is 11.0. The molecular formula is C10H23NO3S. The number of hydrogen-bond acceptors (Lipinski definition) is 4. The summed E-state index contributed by atoms with van der Waals surface area (Å²) >= 11 is 0. The van der Waals surface area contributed by atoms with Gasteiger partial charge in [0.2, 0.25) is 0 Å². The highest BCUT2D eigenvalue weighted by molar-refractivity contribution is 7.90. The maximum Gasteiger partial charge on any atom is 0.147 e. The van der Waals surface area contributed by atoms with Crippen molar-refractivity contribution in [3.63, 3.8) is 0 Å². The lowest BCUT2D eigenvalue weighted by atomic mass is 10.0. The molecule has 0 spiro atoms. The minimum atomic E-state index is -2.83. The van der Waals surface area contributed by atoms with Crippen molar-refractivity contribution in [1.29, 1.82) is 0 Å². The molecule has 15 heavy (non-hydrogen) atoms. The summed E-state index contributed by atoms with van der Waals surface area (Å²) in [5.74, 6) is 0.626. The van der Waals surface area contributed by atoms with Crippen molar-refractivity contribution >= 4 is 9.84 Å². The van der Waals surface area contributed by atoms with Gasteiger partial charge in [-0.2, -0.15) is 0 Å². The Labute approximate surface area is 93.3 Å². The van der Waals surface area contributed by atoms with Crippen LogP contribution in [0.3, 0.4) is 0 Å². The quantitative estimate of drug-likeness (QED) is 0.631. The SMILES string of the molecule is COCCNC(C)C(C)CCS(C)(=O)=O. The Morgan fingerprint density at radius 2 is 1.93 bits per heavy atom. The van der Waals surface area contributed by atoms with Crippen LogP contribution in [0.4, 0.5) is 0 Å². The van der Waals surface area contributed by atoms with Crippen molar-refractivity contribution in [3.05, 3.63) is 0 Å². The second-order valence-corrected chi connectivity index (χ2v) is 6.39. The fourth-order valence-corrected chi connectivity index (χ4v) is 2.04. The van der Waals surface area contributed by atoms with Crippen molar-refractivity contribution in [1.82, 2.24) is 5.32 Å². The minimum absolute atomic E-state index is 0.268. The van der Waals surface area contributed by atoms with Crippen LogP contribution in [0.1, 0.15) is 20.3 Å². The Kier molecular flexibility index (Phi) is 7.13. The van der Waals surface area contributed by atoms with Gasteiger partial charge < -0.3 is 10.1 Å². The van der Waals surface area contributed by atoms with Gasteiger partial charge >= 0.3 is 0 Å². The van der Waals surface area contributed by atoms with Gasteiger partial charge in [0.1, 0.15) is 9.84 Å². The monoisotopic (exact) mass is 237 g/mol. The van der Waals surface area contributed by atoms with Crippen LogP contribution < -0.4 is 5.32 Å². The van der Waals surface area contributed by atoms with Gasteiger partial charge in [0, 0.05) is 26.0 Å². The molecule has 2 atom stereocenters. The van der Waals surface area contributed by atoms with Crippen LogP contribution >= 0.6 is 0 Å². The van der Waals surface area contributed by atoms with Gasteiger partial charge in [-0.05, 0) is 19.3 Å². The Balaban J connectivity index is 3.74. The second kappa shape index (κ2) is 7.19. The smallest absolute Gasteiger partial charge is 0.147 e. The van der Waals surface area contributed by atoms with Crippen molar-refractivity contribution in [2.45, 2.75) is 26.3 Å². The van der Waals surface area contributed by atoms with Crippen LogP contribution in [-0.2, 0) is 14.6 Å². The van der Waals surface area contributed by atoms with E-state index >= 15 is 0 Å². The van der Waals surface area contributed by atoms with Gasteiger partial charge in [-0.3, -0.25) is 0 Å². The van der Waals surface area contributed by atoms with Crippen LogP contribution in [0.2, 0.25) is 0 Å². The summed E-state index contributed by atoms with van der Waals surface area (Å²) in [6, 6.07) is 0.321. The van der Waals surface area contributed by atoms with Crippen molar-refractivity contribution in [3.8, 4) is 0 Å². The van der Waals surface area contributed by atoms with Crippen LogP contribution in [0.5, 0.6) is 0 Å². The first-order valence-electron chi connectivity index (χ1n) is 5.27. The van der Waals surface area contributed by atoms with Crippen molar-refractivity contribution < 1.29 is 13.2 Å². The fourth-order valence-electron chi connectivity index (χ4n) is 1.24. The summed E-state index contributed by atoms with van der Waals surface area (Å²) in [5.41, 5.74) is 0. The van der Waals surface area contributed by atoms with E-state index < -0.39 is 9.84 Å². The lowest BCUT2D eigenvalue weighted by Crippen LogP contribution is -2.35. The molecule has 92 valence electrons. The van der Waals surface area contributed by atoms with Crippen molar-refractivity contribution in [2.75, 3.05) is 32.3 Å². The summed E-state index contributed by atoms with van der Waals surface area (Å²) < 4.78 is 26.9. The molecule has 0 aromatic heterocycles. The average Bonchev–Trinajstić information content (AvgIpc) is 2.13. The Bertz CT molecular complexity index is 251. The molecular weight excluding hydrogens is 214 g/mol. The molecule has 0 bridgehead atoms. The first-order valence-corrected chi connectivity index (χ1v) is 7.33. The highest BCUT2D eigenvalue weighted by atomic mass is 32.2. The number of hydrogen-bond donors (Lipinski definition) is 1. The molecule has 0 rings (SSSR count). The van der Waals surface area contributed by atoms with Crippen LogP contribution in [0.15, 0.2) is 0 Å². The lowest BCUT2D eigenvalue weighted by Gasteiger charge is -2.20. The molecule has 0 aliphatic heterocycles. The third kappa shape index (κ3) is 8.84. The van der Waals surface area contributed by atoms with E-state index in [0.717, 1.165) is 6.54 Å².